The summed E-state index contributed by atoms with van der Waals surface area (Å²) >= 11 is 2.02. The normalized spacial score (nSPS) is 10.5. The van der Waals surface area contributed by atoms with E-state index >= 15 is 0 Å². The highest BCUT2D eigenvalue weighted by molar-refractivity contribution is 7.99. The van der Waals surface area contributed by atoms with Crippen molar-refractivity contribution in [2.24, 2.45) is 0 Å². The van der Waals surface area contributed by atoms with Crippen molar-refractivity contribution in [2.75, 3.05) is 17.7 Å². The SMILES string of the molecule is CCOC(=O)c1c(NC(=O)CSc2nnc(C)c(=O)[nH]2)sc(C(C)=O)c1C. The van der Waals surface area contributed by atoms with E-state index in [1.165, 1.54) is 13.8 Å². The first-order valence-corrected chi connectivity index (χ1v) is 9.72. The second-order valence-corrected chi connectivity index (χ2v) is 7.40. The van der Waals surface area contributed by atoms with E-state index in [0.717, 1.165) is 23.1 Å². The quantitative estimate of drug-likeness (QED) is 0.402. The number of thiophene rings is 1. The van der Waals surface area contributed by atoms with Crippen LogP contribution in [0.15, 0.2) is 9.95 Å². The molecule has 0 radical (unpaired) electrons. The van der Waals surface area contributed by atoms with Crippen LogP contribution in [0.3, 0.4) is 0 Å². The van der Waals surface area contributed by atoms with E-state index in [4.69, 9.17) is 4.74 Å². The number of carbonyl (C=O) groups is 3. The summed E-state index contributed by atoms with van der Waals surface area (Å²) in [5.41, 5.74) is 0.503. The van der Waals surface area contributed by atoms with E-state index in [1.54, 1.807) is 13.8 Å². The van der Waals surface area contributed by atoms with Crippen molar-refractivity contribution in [1.82, 2.24) is 15.2 Å². The maximum atomic E-state index is 12.3. The molecular weight excluding hydrogens is 392 g/mol. The predicted molar refractivity (Wildman–Crippen MR) is 102 cm³/mol. The molecule has 0 bridgehead atoms. The summed E-state index contributed by atoms with van der Waals surface area (Å²) in [5.74, 6) is -1.30. The van der Waals surface area contributed by atoms with E-state index in [-0.39, 0.29) is 45.1 Å². The number of nitrogens with zero attached hydrogens (tertiary/aromatic N) is 2. The van der Waals surface area contributed by atoms with Gasteiger partial charge in [0.25, 0.3) is 5.56 Å². The Bertz CT molecular complexity index is 951. The lowest BCUT2D eigenvalue weighted by molar-refractivity contribution is -0.113. The van der Waals surface area contributed by atoms with Gasteiger partial charge in [0.2, 0.25) is 5.91 Å². The summed E-state index contributed by atoms with van der Waals surface area (Å²) in [6.07, 6.45) is 0. The fourth-order valence-electron chi connectivity index (χ4n) is 2.13. The number of anilines is 1. The van der Waals surface area contributed by atoms with Gasteiger partial charge in [-0.2, -0.15) is 0 Å². The number of nitrogens with one attached hydrogen (secondary N) is 2. The van der Waals surface area contributed by atoms with Gasteiger partial charge in [-0.1, -0.05) is 11.8 Å². The van der Waals surface area contributed by atoms with Crippen LogP contribution < -0.4 is 10.9 Å². The Hall–Kier alpha value is -2.53. The zero-order chi connectivity index (χ0) is 20.1. The highest BCUT2D eigenvalue weighted by Crippen LogP contribution is 2.34. The van der Waals surface area contributed by atoms with Crippen LogP contribution in [0, 0.1) is 13.8 Å². The number of H-pyrrole nitrogens is 1. The first kappa shape index (κ1) is 20.8. The zero-order valence-electron chi connectivity index (χ0n) is 15.2. The molecule has 0 aliphatic carbocycles. The summed E-state index contributed by atoms with van der Waals surface area (Å²) < 4.78 is 5.02. The molecular formula is C16H18N4O5S2. The number of ether oxygens (including phenoxy) is 1. The molecule has 0 aromatic carbocycles. The van der Waals surface area contributed by atoms with Crippen molar-refractivity contribution in [2.45, 2.75) is 32.9 Å². The second kappa shape index (κ2) is 8.91. The largest absolute Gasteiger partial charge is 0.462 e. The van der Waals surface area contributed by atoms with Crippen LogP contribution in [-0.2, 0) is 9.53 Å². The zero-order valence-corrected chi connectivity index (χ0v) is 16.8. The highest BCUT2D eigenvalue weighted by Gasteiger charge is 2.25. The molecule has 1 amide bonds. The first-order valence-electron chi connectivity index (χ1n) is 7.92. The van der Waals surface area contributed by atoms with Gasteiger partial charge in [0, 0.05) is 0 Å². The third kappa shape index (κ3) is 5.01. The number of aromatic amines is 1. The Morgan fingerprint density at radius 2 is 1.96 bits per heavy atom. The van der Waals surface area contributed by atoms with Crippen molar-refractivity contribution in [1.29, 1.82) is 0 Å². The lowest BCUT2D eigenvalue weighted by Crippen LogP contribution is -2.18. The smallest absolute Gasteiger partial charge is 0.341 e. The molecule has 2 aromatic rings. The van der Waals surface area contributed by atoms with Gasteiger partial charge in [0.15, 0.2) is 10.9 Å². The first-order chi connectivity index (χ1) is 12.7. The van der Waals surface area contributed by atoms with Crippen LogP contribution in [0.1, 0.15) is 45.1 Å². The van der Waals surface area contributed by atoms with Crippen molar-refractivity contribution < 1.29 is 19.1 Å². The molecule has 0 fully saturated rings. The van der Waals surface area contributed by atoms with E-state index < -0.39 is 11.9 Å². The van der Waals surface area contributed by atoms with Crippen LogP contribution in [0.5, 0.6) is 0 Å². The second-order valence-electron chi connectivity index (χ2n) is 5.42. The van der Waals surface area contributed by atoms with Gasteiger partial charge in [0.05, 0.1) is 22.8 Å². The molecule has 0 aliphatic heterocycles. The van der Waals surface area contributed by atoms with Crippen LogP contribution in [0.4, 0.5) is 5.00 Å². The van der Waals surface area contributed by atoms with Crippen LogP contribution in [0.25, 0.3) is 0 Å². The molecule has 2 heterocycles. The van der Waals surface area contributed by atoms with Gasteiger partial charge in [-0.15, -0.1) is 21.5 Å². The van der Waals surface area contributed by atoms with Crippen LogP contribution >= 0.6 is 23.1 Å². The van der Waals surface area contributed by atoms with Crippen molar-refractivity contribution in [3.05, 3.63) is 32.1 Å². The molecule has 0 unspecified atom stereocenters. The minimum absolute atomic E-state index is 0.0672. The fourth-order valence-corrected chi connectivity index (χ4v) is 3.84. The van der Waals surface area contributed by atoms with E-state index in [2.05, 4.69) is 20.5 Å². The number of thioether (sulfide) groups is 1. The molecule has 0 atom stereocenters. The molecule has 0 aliphatic rings. The fraction of sp³-hybridized carbons (Fsp3) is 0.375. The number of ketones is 1. The summed E-state index contributed by atoms with van der Waals surface area (Å²) in [6, 6.07) is 0. The monoisotopic (exact) mass is 410 g/mol. The molecule has 0 spiro atoms. The molecule has 144 valence electrons. The van der Waals surface area contributed by atoms with Crippen molar-refractivity contribution in [3.63, 3.8) is 0 Å². The van der Waals surface area contributed by atoms with E-state index in [9.17, 15) is 19.2 Å². The summed E-state index contributed by atoms with van der Waals surface area (Å²) in [6.45, 7) is 6.39. The number of esters is 1. The standard InChI is InChI=1S/C16H18N4O5S2/c1-5-25-15(24)11-7(2)12(9(4)21)27-14(11)17-10(22)6-26-16-18-13(23)8(3)19-20-16/h5-6H2,1-4H3,(H,17,22)(H,18,20,23). The number of aryl methyl sites for hydroxylation is 1. The number of rotatable bonds is 7. The molecule has 27 heavy (non-hydrogen) atoms. The summed E-state index contributed by atoms with van der Waals surface area (Å²) in [5, 5.41) is 10.6. The third-order valence-corrected chi connectivity index (χ3v) is 5.55. The molecule has 11 heteroatoms. The van der Waals surface area contributed by atoms with Gasteiger partial charge < -0.3 is 10.1 Å². The van der Waals surface area contributed by atoms with Crippen LogP contribution in [-0.4, -0.2) is 45.2 Å². The van der Waals surface area contributed by atoms with Gasteiger partial charge in [-0.05, 0) is 33.3 Å². The lowest BCUT2D eigenvalue weighted by atomic mass is 10.1. The van der Waals surface area contributed by atoms with E-state index in [0.29, 0.717) is 10.4 Å². The summed E-state index contributed by atoms with van der Waals surface area (Å²) in [7, 11) is 0. The average molecular weight is 410 g/mol. The average Bonchev–Trinajstić information content (AvgIpc) is 2.92. The number of hydrogen-bond acceptors (Lipinski definition) is 9. The Morgan fingerprint density at radius 1 is 1.26 bits per heavy atom. The molecule has 2 rings (SSSR count). The minimum Gasteiger partial charge on any atom is -0.462 e. The molecule has 2 N–H and O–H groups in total. The Balaban J connectivity index is 2.17. The number of hydrogen-bond donors (Lipinski definition) is 2. The minimum atomic E-state index is -0.601. The van der Waals surface area contributed by atoms with Gasteiger partial charge in [-0.25, -0.2) is 4.79 Å². The molecule has 0 saturated carbocycles. The summed E-state index contributed by atoms with van der Waals surface area (Å²) in [4.78, 5) is 50.6. The van der Waals surface area contributed by atoms with Crippen molar-refractivity contribution >= 4 is 45.8 Å². The predicted octanol–water partition coefficient (Wildman–Crippen LogP) is 1.95. The van der Waals surface area contributed by atoms with Crippen LogP contribution in [0.2, 0.25) is 0 Å². The molecule has 9 nitrogen and oxygen atoms in total. The number of amides is 1. The number of carbonyl (C=O) groups excluding carboxylic acids is 3. The topological polar surface area (TPSA) is 131 Å². The number of aromatic nitrogens is 3. The maximum absolute atomic E-state index is 12.3. The highest BCUT2D eigenvalue weighted by atomic mass is 32.2. The van der Waals surface area contributed by atoms with Gasteiger partial charge in [0.1, 0.15) is 10.7 Å². The van der Waals surface area contributed by atoms with Gasteiger partial charge >= 0.3 is 5.97 Å². The molecule has 0 saturated heterocycles. The Morgan fingerprint density at radius 3 is 2.56 bits per heavy atom. The van der Waals surface area contributed by atoms with E-state index in [1.807, 2.05) is 0 Å². The number of Topliss-reactive ketones (excluding diaryl/α,β-unsaturated/α-hetero) is 1. The lowest BCUT2D eigenvalue weighted by Gasteiger charge is -2.07. The Kier molecular flexibility index (Phi) is 6.86. The molecule has 2 aromatic heterocycles. The Labute approximate surface area is 162 Å². The van der Waals surface area contributed by atoms with Crippen molar-refractivity contribution in [3.8, 4) is 0 Å². The maximum Gasteiger partial charge on any atom is 0.341 e. The van der Waals surface area contributed by atoms with Gasteiger partial charge in [-0.3, -0.25) is 19.4 Å². The third-order valence-electron chi connectivity index (χ3n) is 3.38.